The van der Waals surface area contributed by atoms with E-state index < -0.39 is 5.60 Å². The lowest BCUT2D eigenvalue weighted by Gasteiger charge is -2.61. The van der Waals surface area contributed by atoms with Gasteiger partial charge in [-0.25, -0.2) is 4.39 Å². The number of aryl methyl sites for hydroxylation is 1. The van der Waals surface area contributed by atoms with Gasteiger partial charge in [0, 0.05) is 11.5 Å². The summed E-state index contributed by atoms with van der Waals surface area (Å²) >= 11 is 0. The first kappa shape index (κ1) is 21.6. The molecule has 5 rings (SSSR count). The van der Waals surface area contributed by atoms with Gasteiger partial charge in [-0.2, -0.15) is 0 Å². The molecule has 0 aromatic heterocycles. The quantitative estimate of drug-likeness (QED) is 0.533. The van der Waals surface area contributed by atoms with Crippen molar-refractivity contribution in [3.63, 3.8) is 0 Å². The van der Waals surface area contributed by atoms with Crippen LogP contribution >= 0.6 is 0 Å². The highest BCUT2D eigenvalue weighted by molar-refractivity contribution is 5.98. The van der Waals surface area contributed by atoms with E-state index in [4.69, 9.17) is 0 Å². The van der Waals surface area contributed by atoms with Crippen molar-refractivity contribution in [1.29, 1.82) is 0 Å². The van der Waals surface area contributed by atoms with Crippen molar-refractivity contribution in [1.82, 2.24) is 0 Å². The van der Waals surface area contributed by atoms with Gasteiger partial charge in [-0.3, -0.25) is 4.79 Å². The Bertz CT molecular complexity index is 891. The van der Waals surface area contributed by atoms with Gasteiger partial charge in [-0.15, -0.1) is 0 Å². The van der Waals surface area contributed by atoms with Crippen LogP contribution in [0, 0.1) is 53.2 Å². The van der Waals surface area contributed by atoms with Gasteiger partial charge in [-0.1, -0.05) is 26.0 Å². The fourth-order valence-corrected chi connectivity index (χ4v) is 8.81. The molecule has 4 aliphatic carbocycles. The highest BCUT2D eigenvalue weighted by Crippen LogP contribution is 2.68. The molecule has 4 saturated carbocycles. The molecule has 1 aromatic carbocycles. The molecule has 8 atom stereocenters. The van der Waals surface area contributed by atoms with Crippen LogP contribution in [0.1, 0.15) is 94.5 Å². The smallest absolute Gasteiger partial charge is 0.166 e. The van der Waals surface area contributed by atoms with Gasteiger partial charge in [-0.05, 0) is 118 Å². The predicted molar refractivity (Wildman–Crippen MR) is 121 cm³/mol. The van der Waals surface area contributed by atoms with Crippen LogP contribution in [0.3, 0.4) is 0 Å². The number of halogens is 1. The lowest BCUT2D eigenvalue weighted by molar-refractivity contribution is -0.144. The zero-order valence-corrected chi connectivity index (χ0v) is 19.7. The Morgan fingerprint density at radius 2 is 1.71 bits per heavy atom. The number of carbonyl (C=O) groups is 1. The van der Waals surface area contributed by atoms with Crippen LogP contribution in [-0.2, 0) is 0 Å². The summed E-state index contributed by atoms with van der Waals surface area (Å²) in [5, 5.41) is 10.7. The largest absolute Gasteiger partial charge is 0.390 e. The fraction of sp³-hybridized carbons (Fsp3) is 0.750. The molecule has 0 amide bonds. The van der Waals surface area contributed by atoms with Crippen LogP contribution < -0.4 is 0 Å². The second kappa shape index (κ2) is 7.14. The minimum Gasteiger partial charge on any atom is -0.390 e. The number of carbonyl (C=O) groups excluding carboxylic acids is 1. The maximum atomic E-state index is 14.2. The van der Waals surface area contributed by atoms with Crippen LogP contribution in [0.2, 0.25) is 0 Å². The third-order valence-electron chi connectivity index (χ3n) is 10.7. The van der Waals surface area contributed by atoms with Crippen molar-refractivity contribution in [2.45, 2.75) is 91.1 Å². The first-order valence-corrected chi connectivity index (χ1v) is 12.6. The molecule has 0 saturated heterocycles. The zero-order chi connectivity index (χ0) is 22.2. The number of hydrogen-bond donors (Lipinski definition) is 1. The number of rotatable bonds is 2. The van der Waals surface area contributed by atoms with Crippen LogP contribution in [0.15, 0.2) is 18.2 Å². The third-order valence-corrected chi connectivity index (χ3v) is 10.7. The summed E-state index contributed by atoms with van der Waals surface area (Å²) in [6.45, 7) is 8.66. The average molecular weight is 427 g/mol. The van der Waals surface area contributed by atoms with Crippen molar-refractivity contribution in [3.05, 3.63) is 35.1 Å². The minimum absolute atomic E-state index is 0.0261. The van der Waals surface area contributed by atoms with E-state index in [0.717, 1.165) is 44.4 Å². The van der Waals surface area contributed by atoms with E-state index in [9.17, 15) is 14.3 Å². The van der Waals surface area contributed by atoms with Crippen LogP contribution in [0.4, 0.5) is 4.39 Å². The van der Waals surface area contributed by atoms with Gasteiger partial charge in [0.05, 0.1) is 5.60 Å². The van der Waals surface area contributed by atoms with Gasteiger partial charge in [0.2, 0.25) is 0 Å². The van der Waals surface area contributed by atoms with Crippen molar-refractivity contribution in [2.24, 2.45) is 40.4 Å². The molecular weight excluding hydrogens is 387 g/mol. The van der Waals surface area contributed by atoms with Gasteiger partial charge >= 0.3 is 0 Å². The first-order chi connectivity index (χ1) is 14.6. The van der Waals surface area contributed by atoms with Crippen molar-refractivity contribution >= 4 is 5.78 Å². The first-order valence-electron chi connectivity index (χ1n) is 12.6. The summed E-state index contributed by atoms with van der Waals surface area (Å²) in [4.78, 5) is 13.5. The maximum absolute atomic E-state index is 14.2. The molecule has 0 spiro atoms. The monoisotopic (exact) mass is 426 g/mol. The van der Waals surface area contributed by atoms with E-state index in [1.165, 1.54) is 25.3 Å². The van der Waals surface area contributed by atoms with Crippen LogP contribution in [0.25, 0.3) is 0 Å². The van der Waals surface area contributed by atoms with E-state index >= 15 is 0 Å². The second-order valence-electron chi connectivity index (χ2n) is 12.4. The number of ketones is 1. The molecule has 4 fully saturated rings. The van der Waals surface area contributed by atoms with E-state index in [1.807, 2.05) is 13.0 Å². The molecule has 170 valence electrons. The summed E-state index contributed by atoms with van der Waals surface area (Å²) in [5.41, 5.74) is 1.05. The molecule has 0 unspecified atom stereocenters. The predicted octanol–water partition coefficient (Wildman–Crippen LogP) is 6.73. The van der Waals surface area contributed by atoms with Crippen molar-refractivity contribution < 1.29 is 14.3 Å². The molecule has 4 aliphatic rings. The highest BCUT2D eigenvalue weighted by atomic mass is 19.1. The van der Waals surface area contributed by atoms with Gasteiger partial charge in [0.15, 0.2) is 5.78 Å². The number of Topliss-reactive ketones (excluding diaryl/α,β-unsaturated/α-hetero) is 1. The maximum Gasteiger partial charge on any atom is 0.166 e. The highest BCUT2D eigenvalue weighted by Gasteiger charge is 2.61. The lowest BCUT2D eigenvalue weighted by Crippen LogP contribution is -2.55. The summed E-state index contributed by atoms with van der Waals surface area (Å²) < 4.78 is 14.2. The Morgan fingerprint density at radius 1 is 0.968 bits per heavy atom. The van der Waals surface area contributed by atoms with E-state index in [-0.39, 0.29) is 22.9 Å². The second-order valence-corrected chi connectivity index (χ2v) is 12.4. The van der Waals surface area contributed by atoms with E-state index in [2.05, 4.69) is 13.8 Å². The van der Waals surface area contributed by atoms with Gasteiger partial charge in [0.25, 0.3) is 0 Å². The molecule has 31 heavy (non-hydrogen) atoms. The summed E-state index contributed by atoms with van der Waals surface area (Å²) in [5.74, 6) is 2.59. The fourth-order valence-electron chi connectivity index (χ4n) is 8.81. The Hall–Kier alpha value is -1.22. The summed E-state index contributed by atoms with van der Waals surface area (Å²) in [7, 11) is 0. The van der Waals surface area contributed by atoms with Crippen LogP contribution in [-0.4, -0.2) is 16.5 Å². The van der Waals surface area contributed by atoms with Crippen molar-refractivity contribution in [3.8, 4) is 0 Å². The van der Waals surface area contributed by atoms with E-state index in [1.54, 1.807) is 13.0 Å². The number of fused-ring (bicyclic) bond motifs is 5. The van der Waals surface area contributed by atoms with Gasteiger partial charge in [0.1, 0.15) is 5.82 Å². The standard InChI is InChI=1S/C28H39FO2/c1-17-5-6-18(15-24(17)29)25(30)23-10-9-21-20-8-7-19-16-26(2,31)13-14-27(19,3)22(20)11-12-28(21,23)4/h5-6,15,19-23,31H,7-14,16H2,1-4H3/t19-,20-,21-,22-,23+,26+,27-,28-/m0/s1. The minimum atomic E-state index is -0.492. The van der Waals surface area contributed by atoms with Gasteiger partial charge < -0.3 is 5.11 Å². The number of aliphatic hydroxyl groups is 1. The Morgan fingerprint density at radius 3 is 2.45 bits per heavy atom. The average Bonchev–Trinajstić information content (AvgIpc) is 3.07. The molecule has 0 radical (unpaired) electrons. The normalized spacial score (nSPS) is 46.7. The molecule has 0 heterocycles. The zero-order valence-electron chi connectivity index (χ0n) is 19.7. The number of benzene rings is 1. The molecule has 1 aromatic rings. The number of hydrogen-bond acceptors (Lipinski definition) is 2. The summed E-state index contributed by atoms with van der Waals surface area (Å²) in [6, 6.07) is 5.03. The Balaban J connectivity index is 1.39. The third kappa shape index (κ3) is 3.24. The molecule has 0 bridgehead atoms. The Kier molecular flexibility index (Phi) is 4.98. The molecule has 3 heteroatoms. The molecule has 2 nitrogen and oxygen atoms in total. The Labute approximate surface area is 187 Å². The SMILES string of the molecule is Cc1ccc(C(=O)[C@H]2CC[C@H]3[C@@H]4CC[C@H]5C[C@](C)(O)CC[C@]5(C)[C@H]4CC[C@]23C)cc1F. The van der Waals surface area contributed by atoms with Crippen LogP contribution in [0.5, 0.6) is 0 Å². The van der Waals surface area contributed by atoms with E-state index in [0.29, 0.717) is 34.3 Å². The lowest BCUT2D eigenvalue weighted by atomic mass is 9.44. The van der Waals surface area contributed by atoms with Crippen molar-refractivity contribution in [2.75, 3.05) is 0 Å². The molecular formula is C28H39FO2. The molecule has 1 N–H and O–H groups in total. The summed E-state index contributed by atoms with van der Waals surface area (Å²) in [6.07, 6.45) is 9.90. The topological polar surface area (TPSA) is 37.3 Å². The molecule has 0 aliphatic heterocycles.